The lowest BCUT2D eigenvalue weighted by Crippen LogP contribution is -2.29. The highest BCUT2D eigenvalue weighted by Gasteiger charge is 2.12. The van der Waals surface area contributed by atoms with Gasteiger partial charge in [0.2, 0.25) is 0 Å². The Hall–Kier alpha value is -1.49. The molecule has 2 aromatic rings. The molecule has 0 aliphatic heterocycles. The van der Waals surface area contributed by atoms with Crippen molar-refractivity contribution in [3.63, 3.8) is 0 Å². The Balaban J connectivity index is 2.21. The van der Waals surface area contributed by atoms with Crippen LogP contribution in [0.2, 0.25) is 5.15 Å². The molecule has 19 heavy (non-hydrogen) atoms. The highest BCUT2D eigenvalue weighted by Crippen LogP contribution is 2.21. The Morgan fingerprint density at radius 1 is 1.37 bits per heavy atom. The molecule has 1 heterocycles. The SMILES string of the molecule is Cc1cc(F)ccc1CC(NN)c1ccc(Cl)nc1. The van der Waals surface area contributed by atoms with Crippen molar-refractivity contribution >= 4 is 11.6 Å². The van der Waals surface area contributed by atoms with Gasteiger partial charge in [-0.05, 0) is 48.2 Å². The van der Waals surface area contributed by atoms with Crippen molar-refractivity contribution < 1.29 is 4.39 Å². The molecule has 0 fully saturated rings. The summed E-state index contributed by atoms with van der Waals surface area (Å²) in [5, 5.41) is 0.442. The van der Waals surface area contributed by atoms with Gasteiger partial charge in [-0.15, -0.1) is 0 Å². The lowest BCUT2D eigenvalue weighted by Gasteiger charge is -2.17. The van der Waals surface area contributed by atoms with Gasteiger partial charge in [-0.1, -0.05) is 23.7 Å². The molecule has 2 rings (SSSR count). The van der Waals surface area contributed by atoms with Crippen LogP contribution in [0.5, 0.6) is 0 Å². The van der Waals surface area contributed by atoms with Crippen molar-refractivity contribution in [2.75, 3.05) is 0 Å². The number of pyridine rings is 1. The molecule has 5 heteroatoms. The van der Waals surface area contributed by atoms with Gasteiger partial charge in [0.1, 0.15) is 11.0 Å². The summed E-state index contributed by atoms with van der Waals surface area (Å²) in [5.74, 6) is 5.36. The lowest BCUT2D eigenvalue weighted by atomic mass is 9.97. The third-order valence-corrected chi connectivity index (χ3v) is 3.31. The van der Waals surface area contributed by atoms with E-state index in [-0.39, 0.29) is 11.9 Å². The van der Waals surface area contributed by atoms with Gasteiger partial charge in [0.15, 0.2) is 0 Å². The third kappa shape index (κ3) is 3.50. The average molecular weight is 280 g/mol. The predicted molar refractivity (Wildman–Crippen MR) is 74.2 cm³/mol. The Bertz CT molecular complexity index is 557. The van der Waals surface area contributed by atoms with Gasteiger partial charge in [0.25, 0.3) is 0 Å². The minimum Gasteiger partial charge on any atom is -0.271 e. The monoisotopic (exact) mass is 279 g/mol. The van der Waals surface area contributed by atoms with Crippen molar-refractivity contribution in [1.82, 2.24) is 10.4 Å². The number of nitrogens with one attached hydrogen (secondary N) is 1. The Morgan fingerprint density at radius 2 is 2.16 bits per heavy atom. The molecule has 0 saturated heterocycles. The molecule has 0 radical (unpaired) electrons. The van der Waals surface area contributed by atoms with Crippen LogP contribution in [0.15, 0.2) is 36.5 Å². The van der Waals surface area contributed by atoms with E-state index in [9.17, 15) is 4.39 Å². The number of hydrogen-bond acceptors (Lipinski definition) is 3. The number of aryl methyl sites for hydroxylation is 1. The summed E-state index contributed by atoms with van der Waals surface area (Å²) in [6, 6.07) is 8.25. The molecule has 1 atom stereocenters. The largest absolute Gasteiger partial charge is 0.271 e. The van der Waals surface area contributed by atoms with Crippen LogP contribution in [0.1, 0.15) is 22.7 Å². The highest BCUT2D eigenvalue weighted by molar-refractivity contribution is 6.29. The number of hydrazine groups is 1. The van der Waals surface area contributed by atoms with E-state index in [4.69, 9.17) is 17.4 Å². The number of halogens is 2. The van der Waals surface area contributed by atoms with E-state index in [1.807, 2.05) is 13.0 Å². The maximum Gasteiger partial charge on any atom is 0.129 e. The maximum absolute atomic E-state index is 13.1. The van der Waals surface area contributed by atoms with E-state index < -0.39 is 0 Å². The van der Waals surface area contributed by atoms with Crippen LogP contribution in [-0.4, -0.2) is 4.98 Å². The molecule has 100 valence electrons. The normalized spacial score (nSPS) is 12.4. The third-order valence-electron chi connectivity index (χ3n) is 3.08. The van der Waals surface area contributed by atoms with Crippen LogP contribution in [0, 0.1) is 12.7 Å². The van der Waals surface area contributed by atoms with Crippen molar-refractivity contribution in [1.29, 1.82) is 0 Å². The van der Waals surface area contributed by atoms with Crippen LogP contribution in [0.4, 0.5) is 4.39 Å². The van der Waals surface area contributed by atoms with E-state index in [0.717, 1.165) is 16.7 Å². The predicted octanol–water partition coefficient (Wildman–Crippen LogP) is 2.93. The average Bonchev–Trinajstić information content (AvgIpc) is 2.39. The van der Waals surface area contributed by atoms with E-state index in [0.29, 0.717) is 11.6 Å². The van der Waals surface area contributed by atoms with Crippen LogP contribution >= 0.6 is 11.6 Å². The van der Waals surface area contributed by atoms with Crippen molar-refractivity contribution in [3.8, 4) is 0 Å². The fraction of sp³-hybridized carbons (Fsp3) is 0.214. The summed E-state index contributed by atoms with van der Waals surface area (Å²) in [5.41, 5.74) is 5.64. The summed E-state index contributed by atoms with van der Waals surface area (Å²) in [6.07, 6.45) is 2.34. The number of nitrogens with zero attached hydrogens (tertiary/aromatic N) is 1. The highest BCUT2D eigenvalue weighted by atomic mass is 35.5. The van der Waals surface area contributed by atoms with Crippen molar-refractivity contribution in [2.45, 2.75) is 19.4 Å². The van der Waals surface area contributed by atoms with Gasteiger partial charge < -0.3 is 0 Å². The number of benzene rings is 1. The Labute approximate surface area is 116 Å². The standard InChI is InChI=1S/C14H15ClFN3/c1-9-6-12(16)4-2-10(9)7-13(19-17)11-3-5-14(15)18-8-11/h2-6,8,13,19H,7,17H2,1H3. The first-order valence-electron chi connectivity index (χ1n) is 5.92. The fourth-order valence-corrected chi connectivity index (χ4v) is 2.09. The molecule has 0 aliphatic rings. The zero-order chi connectivity index (χ0) is 13.8. The van der Waals surface area contributed by atoms with Crippen molar-refractivity contribution in [3.05, 3.63) is 64.2 Å². The van der Waals surface area contributed by atoms with Crippen LogP contribution in [0.3, 0.4) is 0 Å². The van der Waals surface area contributed by atoms with Gasteiger partial charge >= 0.3 is 0 Å². The molecule has 0 amide bonds. The number of rotatable bonds is 4. The Kier molecular flexibility index (Phi) is 4.47. The number of hydrogen-bond donors (Lipinski definition) is 2. The second kappa shape index (κ2) is 6.10. The summed E-state index contributed by atoms with van der Waals surface area (Å²) >= 11 is 5.76. The summed E-state index contributed by atoms with van der Waals surface area (Å²) in [6.45, 7) is 1.88. The number of aromatic nitrogens is 1. The molecule has 3 N–H and O–H groups in total. The molecule has 0 bridgehead atoms. The smallest absolute Gasteiger partial charge is 0.129 e. The van der Waals surface area contributed by atoms with Crippen LogP contribution < -0.4 is 11.3 Å². The summed E-state index contributed by atoms with van der Waals surface area (Å²) in [7, 11) is 0. The first kappa shape index (κ1) is 13.9. The van der Waals surface area contributed by atoms with Gasteiger partial charge in [-0.25, -0.2) is 9.37 Å². The second-order valence-electron chi connectivity index (χ2n) is 4.41. The molecule has 0 spiro atoms. The summed E-state index contributed by atoms with van der Waals surface area (Å²) in [4.78, 5) is 4.04. The second-order valence-corrected chi connectivity index (χ2v) is 4.80. The quantitative estimate of drug-likeness (QED) is 0.514. The van der Waals surface area contributed by atoms with Gasteiger partial charge in [0.05, 0.1) is 6.04 Å². The van der Waals surface area contributed by atoms with E-state index >= 15 is 0 Å². The van der Waals surface area contributed by atoms with Crippen LogP contribution in [-0.2, 0) is 6.42 Å². The molecule has 0 aliphatic carbocycles. The zero-order valence-corrected chi connectivity index (χ0v) is 11.3. The van der Waals surface area contributed by atoms with Crippen molar-refractivity contribution in [2.24, 2.45) is 5.84 Å². The topological polar surface area (TPSA) is 50.9 Å². The lowest BCUT2D eigenvalue weighted by molar-refractivity contribution is 0.548. The van der Waals surface area contributed by atoms with E-state index in [1.54, 1.807) is 18.3 Å². The maximum atomic E-state index is 13.1. The molecule has 0 saturated carbocycles. The zero-order valence-electron chi connectivity index (χ0n) is 10.5. The van der Waals surface area contributed by atoms with Gasteiger partial charge in [0, 0.05) is 6.20 Å². The first-order chi connectivity index (χ1) is 9.10. The molecule has 1 aromatic heterocycles. The molecule has 1 aromatic carbocycles. The van der Waals surface area contributed by atoms with Gasteiger partial charge in [-0.2, -0.15) is 0 Å². The summed E-state index contributed by atoms with van der Waals surface area (Å²) < 4.78 is 13.1. The molecular formula is C14H15ClFN3. The van der Waals surface area contributed by atoms with Crippen LogP contribution in [0.25, 0.3) is 0 Å². The van der Waals surface area contributed by atoms with E-state index in [1.165, 1.54) is 12.1 Å². The van der Waals surface area contributed by atoms with E-state index in [2.05, 4.69) is 10.4 Å². The van der Waals surface area contributed by atoms with Gasteiger partial charge in [-0.3, -0.25) is 11.3 Å². The molecular weight excluding hydrogens is 265 g/mol. The Morgan fingerprint density at radius 3 is 2.74 bits per heavy atom. The molecule has 3 nitrogen and oxygen atoms in total. The fourth-order valence-electron chi connectivity index (χ4n) is 1.97. The molecule has 1 unspecified atom stereocenters. The minimum absolute atomic E-state index is 0.0890. The first-order valence-corrected chi connectivity index (χ1v) is 6.30. The number of nitrogens with two attached hydrogens (primary N) is 1. The minimum atomic E-state index is -0.230.